The molecule has 2 aromatic heterocycles. The van der Waals surface area contributed by atoms with Gasteiger partial charge < -0.3 is 5.32 Å². The number of rotatable bonds is 3. The topological polar surface area (TPSA) is 83.6 Å². The monoisotopic (exact) mass is 295 g/mol. The van der Waals surface area contributed by atoms with Crippen LogP contribution in [0.4, 0.5) is 5.82 Å². The Kier molecular flexibility index (Phi) is 4.15. The second kappa shape index (κ2) is 6.39. The highest BCUT2D eigenvalue weighted by atomic mass is 16.1. The number of anilines is 1. The molecule has 112 valence electrons. The molecule has 0 saturated heterocycles. The van der Waals surface area contributed by atoms with Crippen molar-refractivity contribution in [1.29, 1.82) is 5.26 Å². The largest absolute Gasteiger partial charge is 0.367 e. The van der Waals surface area contributed by atoms with E-state index in [4.69, 9.17) is 5.26 Å². The molecule has 1 fully saturated rings. The van der Waals surface area contributed by atoms with Gasteiger partial charge in [0.15, 0.2) is 0 Å². The van der Waals surface area contributed by atoms with E-state index in [9.17, 15) is 4.79 Å². The lowest BCUT2D eigenvalue weighted by Crippen LogP contribution is -2.33. The van der Waals surface area contributed by atoms with Crippen LogP contribution in [0.15, 0.2) is 41.5 Å². The molecule has 2 aromatic rings. The average molecular weight is 295 g/mol. The van der Waals surface area contributed by atoms with Crippen LogP contribution >= 0.6 is 0 Å². The lowest BCUT2D eigenvalue weighted by molar-refractivity contribution is 0.303. The third-order valence-corrected chi connectivity index (χ3v) is 4.03. The Morgan fingerprint density at radius 1 is 1.23 bits per heavy atom. The number of nitrogens with one attached hydrogen (secondary N) is 1. The van der Waals surface area contributed by atoms with E-state index in [0.29, 0.717) is 11.6 Å². The standard InChI is InChI=1S/C16H17N5O/c17-10-12-3-8-15(18-11-12)20-13-4-6-14(7-5-13)21-16(22)2-1-9-19-21/h1-3,8-9,11,13-14H,4-7H2,(H,18,20). The summed E-state index contributed by atoms with van der Waals surface area (Å²) in [6.45, 7) is 0. The number of nitrogens with zero attached hydrogens (tertiary/aromatic N) is 4. The predicted octanol–water partition coefficient (Wildman–Crippen LogP) is 2.11. The van der Waals surface area contributed by atoms with Gasteiger partial charge in [-0.3, -0.25) is 4.79 Å². The highest BCUT2D eigenvalue weighted by Gasteiger charge is 2.23. The van der Waals surface area contributed by atoms with Gasteiger partial charge in [0, 0.05) is 24.5 Å². The van der Waals surface area contributed by atoms with Crippen LogP contribution < -0.4 is 10.9 Å². The third-order valence-electron chi connectivity index (χ3n) is 4.03. The molecule has 0 unspecified atom stereocenters. The van der Waals surface area contributed by atoms with Gasteiger partial charge in [0.1, 0.15) is 11.9 Å². The summed E-state index contributed by atoms with van der Waals surface area (Å²) < 4.78 is 1.59. The van der Waals surface area contributed by atoms with Crippen LogP contribution in [0.2, 0.25) is 0 Å². The molecule has 3 rings (SSSR count). The van der Waals surface area contributed by atoms with Crippen molar-refractivity contribution >= 4 is 5.82 Å². The lowest BCUT2D eigenvalue weighted by Gasteiger charge is -2.29. The maximum Gasteiger partial charge on any atom is 0.266 e. The molecule has 1 saturated carbocycles. The first-order valence-corrected chi connectivity index (χ1v) is 7.43. The zero-order valence-corrected chi connectivity index (χ0v) is 12.1. The van der Waals surface area contributed by atoms with Gasteiger partial charge in [-0.05, 0) is 43.9 Å². The molecule has 6 heteroatoms. The summed E-state index contributed by atoms with van der Waals surface area (Å²) in [5, 5.41) is 16.3. The first kappa shape index (κ1) is 14.3. The van der Waals surface area contributed by atoms with Crippen LogP contribution in [0.5, 0.6) is 0 Å². The normalized spacial score (nSPS) is 21.0. The van der Waals surface area contributed by atoms with Crippen LogP contribution in [-0.4, -0.2) is 20.8 Å². The Hall–Kier alpha value is -2.68. The summed E-state index contributed by atoms with van der Waals surface area (Å²) in [7, 11) is 0. The number of hydrogen-bond donors (Lipinski definition) is 1. The minimum Gasteiger partial charge on any atom is -0.367 e. The summed E-state index contributed by atoms with van der Waals surface area (Å²) in [5.41, 5.74) is 0.524. The fraction of sp³-hybridized carbons (Fsp3) is 0.375. The van der Waals surface area contributed by atoms with Crippen molar-refractivity contribution in [3.8, 4) is 6.07 Å². The molecule has 6 nitrogen and oxygen atoms in total. The summed E-state index contributed by atoms with van der Waals surface area (Å²) in [4.78, 5) is 16.0. The summed E-state index contributed by atoms with van der Waals surface area (Å²) in [6, 6.07) is 9.39. The van der Waals surface area contributed by atoms with E-state index in [1.165, 1.54) is 0 Å². The van der Waals surface area contributed by atoms with E-state index < -0.39 is 0 Å². The highest BCUT2D eigenvalue weighted by Crippen LogP contribution is 2.28. The number of nitriles is 1. The van der Waals surface area contributed by atoms with Gasteiger partial charge in [-0.2, -0.15) is 10.4 Å². The molecule has 2 heterocycles. The van der Waals surface area contributed by atoms with Gasteiger partial charge in [0.25, 0.3) is 5.56 Å². The maximum absolute atomic E-state index is 11.8. The molecule has 0 atom stereocenters. The van der Waals surface area contributed by atoms with Crippen LogP contribution in [0, 0.1) is 11.3 Å². The van der Waals surface area contributed by atoms with Crippen LogP contribution in [0.3, 0.4) is 0 Å². The Bertz CT molecular complexity index is 723. The van der Waals surface area contributed by atoms with Crippen LogP contribution in [0.1, 0.15) is 37.3 Å². The van der Waals surface area contributed by atoms with E-state index in [-0.39, 0.29) is 11.6 Å². The van der Waals surface area contributed by atoms with E-state index in [0.717, 1.165) is 31.5 Å². The molecule has 1 aliphatic rings. The van der Waals surface area contributed by atoms with Crippen molar-refractivity contribution in [2.45, 2.75) is 37.8 Å². The Morgan fingerprint density at radius 3 is 2.68 bits per heavy atom. The average Bonchev–Trinajstić information content (AvgIpc) is 2.57. The zero-order valence-electron chi connectivity index (χ0n) is 12.1. The molecule has 1 aliphatic carbocycles. The van der Waals surface area contributed by atoms with E-state index in [1.54, 1.807) is 35.3 Å². The molecular formula is C16H17N5O. The van der Waals surface area contributed by atoms with E-state index in [1.807, 2.05) is 6.07 Å². The lowest BCUT2D eigenvalue weighted by atomic mass is 9.91. The first-order valence-electron chi connectivity index (χ1n) is 7.43. The van der Waals surface area contributed by atoms with Gasteiger partial charge in [0.2, 0.25) is 0 Å². The van der Waals surface area contributed by atoms with Crippen LogP contribution in [0.25, 0.3) is 0 Å². The fourth-order valence-electron chi connectivity index (χ4n) is 2.86. The highest BCUT2D eigenvalue weighted by molar-refractivity contribution is 5.39. The van der Waals surface area contributed by atoms with Gasteiger partial charge in [-0.1, -0.05) is 0 Å². The van der Waals surface area contributed by atoms with Gasteiger partial charge in [0.05, 0.1) is 11.6 Å². The fourth-order valence-corrected chi connectivity index (χ4v) is 2.86. The van der Waals surface area contributed by atoms with E-state index in [2.05, 4.69) is 21.5 Å². The van der Waals surface area contributed by atoms with Gasteiger partial charge in [-0.25, -0.2) is 9.67 Å². The van der Waals surface area contributed by atoms with Crippen molar-refractivity contribution in [1.82, 2.24) is 14.8 Å². The van der Waals surface area contributed by atoms with Crippen LogP contribution in [-0.2, 0) is 0 Å². The van der Waals surface area contributed by atoms with Crippen molar-refractivity contribution in [2.75, 3.05) is 5.32 Å². The SMILES string of the molecule is N#Cc1ccc(NC2CCC(n3ncccc3=O)CC2)nc1. The Labute approximate surface area is 128 Å². The number of aromatic nitrogens is 3. The molecule has 0 aromatic carbocycles. The second-order valence-electron chi connectivity index (χ2n) is 5.50. The molecule has 22 heavy (non-hydrogen) atoms. The summed E-state index contributed by atoms with van der Waals surface area (Å²) in [6.07, 6.45) is 7.01. The molecule has 0 radical (unpaired) electrons. The third kappa shape index (κ3) is 3.14. The maximum atomic E-state index is 11.8. The molecule has 1 N–H and O–H groups in total. The van der Waals surface area contributed by atoms with E-state index >= 15 is 0 Å². The van der Waals surface area contributed by atoms with Crippen molar-refractivity contribution < 1.29 is 0 Å². The number of hydrogen-bond acceptors (Lipinski definition) is 5. The number of pyridine rings is 1. The quantitative estimate of drug-likeness (QED) is 0.937. The smallest absolute Gasteiger partial charge is 0.266 e. The molecule has 0 spiro atoms. The Morgan fingerprint density at radius 2 is 2.05 bits per heavy atom. The van der Waals surface area contributed by atoms with Gasteiger partial charge in [-0.15, -0.1) is 0 Å². The Balaban J connectivity index is 1.59. The molecular weight excluding hydrogens is 278 g/mol. The molecule has 0 amide bonds. The first-order chi connectivity index (χ1) is 10.8. The molecule has 0 bridgehead atoms. The minimum atomic E-state index is -0.0346. The summed E-state index contributed by atoms with van der Waals surface area (Å²) in [5.74, 6) is 0.789. The summed E-state index contributed by atoms with van der Waals surface area (Å²) >= 11 is 0. The van der Waals surface area contributed by atoms with Crippen molar-refractivity contribution in [3.05, 3.63) is 52.6 Å². The van der Waals surface area contributed by atoms with Crippen molar-refractivity contribution in [3.63, 3.8) is 0 Å². The minimum absolute atomic E-state index is 0.0346. The van der Waals surface area contributed by atoms with Crippen molar-refractivity contribution in [2.24, 2.45) is 0 Å². The predicted molar refractivity (Wildman–Crippen MR) is 82.4 cm³/mol. The zero-order chi connectivity index (χ0) is 15.4. The second-order valence-corrected chi connectivity index (χ2v) is 5.50. The van der Waals surface area contributed by atoms with Gasteiger partial charge >= 0.3 is 0 Å². The molecule has 0 aliphatic heterocycles.